The van der Waals surface area contributed by atoms with Gasteiger partial charge in [-0.2, -0.15) is 0 Å². The zero-order chi connectivity index (χ0) is 12.3. The molecule has 0 fully saturated rings. The molecule has 0 saturated heterocycles. The number of aliphatic carboxylic acids is 1. The molecule has 0 amide bonds. The van der Waals surface area contributed by atoms with E-state index in [-0.39, 0.29) is 5.75 Å². The van der Waals surface area contributed by atoms with Gasteiger partial charge in [0.1, 0.15) is 11.8 Å². The summed E-state index contributed by atoms with van der Waals surface area (Å²) >= 11 is 0. The minimum Gasteiger partial charge on any atom is -0.508 e. The maximum Gasteiger partial charge on any atom is 0.325 e. The predicted octanol–water partition coefficient (Wildman–Crippen LogP) is 0.538. The maximum absolute atomic E-state index is 10.7. The Hall–Kier alpha value is -1.59. The standard InChI is InChI=1S/C11H16N2O3/c1-13(2)6-8-5-7(3-4-9(8)14)10(12)11(15)16/h3-5,10,14H,6,12H2,1-2H3,(H,15,16)/t10-/m0/s1. The summed E-state index contributed by atoms with van der Waals surface area (Å²) in [7, 11) is 3.73. The van der Waals surface area contributed by atoms with Crippen LogP contribution in [0.2, 0.25) is 0 Å². The SMILES string of the molecule is CN(C)Cc1cc([C@H](N)C(=O)O)ccc1O. The molecule has 0 bridgehead atoms. The Balaban J connectivity index is 3.02. The molecule has 0 unspecified atom stereocenters. The second-order valence-corrected chi connectivity index (χ2v) is 3.94. The van der Waals surface area contributed by atoms with E-state index in [1.54, 1.807) is 6.07 Å². The number of carbonyl (C=O) groups is 1. The van der Waals surface area contributed by atoms with Crippen molar-refractivity contribution in [3.8, 4) is 5.75 Å². The number of phenolic OH excluding ortho intramolecular Hbond substituents is 1. The number of aromatic hydroxyl groups is 1. The van der Waals surface area contributed by atoms with E-state index in [4.69, 9.17) is 10.8 Å². The van der Waals surface area contributed by atoms with E-state index in [2.05, 4.69) is 0 Å². The summed E-state index contributed by atoms with van der Waals surface area (Å²) in [6.45, 7) is 0.534. The first kappa shape index (κ1) is 12.5. The first-order chi connectivity index (χ1) is 7.41. The smallest absolute Gasteiger partial charge is 0.325 e. The van der Waals surface area contributed by atoms with Crippen molar-refractivity contribution in [1.82, 2.24) is 4.90 Å². The van der Waals surface area contributed by atoms with Crippen LogP contribution in [-0.4, -0.2) is 35.2 Å². The highest BCUT2D eigenvalue weighted by Crippen LogP contribution is 2.22. The van der Waals surface area contributed by atoms with Crippen LogP contribution in [0.25, 0.3) is 0 Å². The fourth-order valence-corrected chi connectivity index (χ4v) is 1.41. The minimum absolute atomic E-state index is 0.148. The van der Waals surface area contributed by atoms with E-state index in [1.807, 2.05) is 19.0 Å². The normalized spacial score (nSPS) is 12.8. The molecular formula is C11H16N2O3. The fraction of sp³-hybridized carbons (Fsp3) is 0.364. The van der Waals surface area contributed by atoms with Gasteiger partial charge >= 0.3 is 5.97 Å². The molecule has 0 spiro atoms. The fourth-order valence-electron chi connectivity index (χ4n) is 1.41. The molecule has 0 saturated carbocycles. The topological polar surface area (TPSA) is 86.8 Å². The van der Waals surface area contributed by atoms with Gasteiger partial charge in [0.15, 0.2) is 0 Å². The third kappa shape index (κ3) is 2.95. The highest BCUT2D eigenvalue weighted by atomic mass is 16.4. The third-order valence-electron chi connectivity index (χ3n) is 2.22. The van der Waals surface area contributed by atoms with Crippen molar-refractivity contribution in [3.63, 3.8) is 0 Å². The van der Waals surface area contributed by atoms with Crippen molar-refractivity contribution in [2.75, 3.05) is 14.1 Å². The van der Waals surface area contributed by atoms with Gasteiger partial charge in [0.2, 0.25) is 0 Å². The van der Waals surface area contributed by atoms with Gasteiger partial charge < -0.3 is 20.8 Å². The van der Waals surface area contributed by atoms with E-state index in [0.717, 1.165) is 0 Å². The molecule has 4 N–H and O–H groups in total. The van der Waals surface area contributed by atoms with Crippen molar-refractivity contribution >= 4 is 5.97 Å². The molecule has 1 aromatic rings. The lowest BCUT2D eigenvalue weighted by molar-refractivity contribution is -0.138. The first-order valence-electron chi connectivity index (χ1n) is 4.86. The molecule has 0 aliphatic rings. The first-order valence-corrected chi connectivity index (χ1v) is 4.86. The number of hydrogen-bond donors (Lipinski definition) is 3. The monoisotopic (exact) mass is 224 g/mol. The molecule has 1 rings (SSSR count). The minimum atomic E-state index is -1.08. The van der Waals surface area contributed by atoms with Crippen molar-refractivity contribution < 1.29 is 15.0 Å². The second-order valence-electron chi connectivity index (χ2n) is 3.94. The molecule has 0 radical (unpaired) electrons. The summed E-state index contributed by atoms with van der Waals surface area (Å²) in [5, 5.41) is 18.4. The molecule has 5 heteroatoms. The zero-order valence-corrected chi connectivity index (χ0v) is 9.34. The lowest BCUT2D eigenvalue weighted by Gasteiger charge is -2.14. The number of hydrogen-bond acceptors (Lipinski definition) is 4. The van der Waals surface area contributed by atoms with Crippen LogP contribution in [0.4, 0.5) is 0 Å². The third-order valence-corrected chi connectivity index (χ3v) is 2.22. The van der Waals surface area contributed by atoms with Gasteiger partial charge in [-0.25, -0.2) is 0 Å². The van der Waals surface area contributed by atoms with Crippen LogP contribution in [-0.2, 0) is 11.3 Å². The molecule has 1 aromatic carbocycles. The van der Waals surface area contributed by atoms with Crippen LogP contribution in [0.3, 0.4) is 0 Å². The van der Waals surface area contributed by atoms with E-state index in [9.17, 15) is 9.90 Å². The van der Waals surface area contributed by atoms with Crippen LogP contribution in [0.1, 0.15) is 17.2 Å². The Morgan fingerprint density at radius 2 is 2.12 bits per heavy atom. The molecule has 5 nitrogen and oxygen atoms in total. The molecule has 0 aliphatic carbocycles. The zero-order valence-electron chi connectivity index (χ0n) is 9.34. The molecule has 16 heavy (non-hydrogen) atoms. The largest absolute Gasteiger partial charge is 0.508 e. The molecule has 0 heterocycles. The van der Waals surface area contributed by atoms with Crippen LogP contribution < -0.4 is 5.73 Å². The lowest BCUT2D eigenvalue weighted by Crippen LogP contribution is -2.21. The van der Waals surface area contributed by atoms with Crippen LogP contribution in [0, 0.1) is 0 Å². The van der Waals surface area contributed by atoms with E-state index < -0.39 is 12.0 Å². The Kier molecular flexibility index (Phi) is 3.87. The van der Waals surface area contributed by atoms with Crippen LogP contribution in [0.15, 0.2) is 18.2 Å². The summed E-state index contributed by atoms with van der Waals surface area (Å²) in [4.78, 5) is 12.6. The number of nitrogens with zero attached hydrogens (tertiary/aromatic N) is 1. The number of benzene rings is 1. The van der Waals surface area contributed by atoms with Gasteiger partial charge in [-0.05, 0) is 31.8 Å². The Morgan fingerprint density at radius 3 is 2.62 bits per heavy atom. The summed E-state index contributed by atoms with van der Waals surface area (Å²) in [5.74, 6) is -0.934. The average Bonchev–Trinajstić information content (AvgIpc) is 2.19. The Bertz CT molecular complexity index is 391. The Labute approximate surface area is 94.1 Å². The van der Waals surface area contributed by atoms with Crippen molar-refractivity contribution in [2.24, 2.45) is 5.73 Å². The molecule has 88 valence electrons. The van der Waals surface area contributed by atoms with Gasteiger partial charge in [0, 0.05) is 12.1 Å². The number of carboxylic acid groups (broad SMARTS) is 1. The highest BCUT2D eigenvalue weighted by molar-refractivity contribution is 5.75. The van der Waals surface area contributed by atoms with Crippen molar-refractivity contribution in [1.29, 1.82) is 0 Å². The summed E-state index contributed by atoms with van der Waals surface area (Å²) in [6, 6.07) is 3.56. The molecular weight excluding hydrogens is 208 g/mol. The number of carboxylic acids is 1. The van der Waals surface area contributed by atoms with E-state index >= 15 is 0 Å². The second kappa shape index (κ2) is 4.96. The average molecular weight is 224 g/mol. The summed E-state index contributed by atoms with van der Waals surface area (Å²) in [5.41, 5.74) is 6.65. The van der Waals surface area contributed by atoms with Gasteiger partial charge in [-0.15, -0.1) is 0 Å². The predicted molar refractivity (Wildman–Crippen MR) is 60.1 cm³/mol. The number of rotatable bonds is 4. The van der Waals surface area contributed by atoms with Gasteiger partial charge in [-0.3, -0.25) is 4.79 Å². The quantitative estimate of drug-likeness (QED) is 0.694. The van der Waals surface area contributed by atoms with Gasteiger partial charge in [0.25, 0.3) is 0 Å². The summed E-state index contributed by atoms with van der Waals surface area (Å²) < 4.78 is 0. The summed E-state index contributed by atoms with van der Waals surface area (Å²) in [6.07, 6.45) is 0. The molecule has 1 atom stereocenters. The molecule has 0 aromatic heterocycles. The van der Waals surface area contributed by atoms with E-state index in [1.165, 1.54) is 12.1 Å². The number of phenols is 1. The maximum atomic E-state index is 10.7. The Morgan fingerprint density at radius 1 is 1.50 bits per heavy atom. The van der Waals surface area contributed by atoms with Crippen LogP contribution in [0.5, 0.6) is 5.75 Å². The van der Waals surface area contributed by atoms with Gasteiger partial charge in [-0.1, -0.05) is 6.07 Å². The highest BCUT2D eigenvalue weighted by Gasteiger charge is 2.15. The lowest BCUT2D eigenvalue weighted by atomic mass is 10.0. The van der Waals surface area contributed by atoms with Crippen molar-refractivity contribution in [2.45, 2.75) is 12.6 Å². The van der Waals surface area contributed by atoms with Gasteiger partial charge in [0.05, 0.1) is 0 Å². The molecule has 0 aliphatic heterocycles. The van der Waals surface area contributed by atoms with E-state index in [0.29, 0.717) is 17.7 Å². The number of nitrogens with two attached hydrogens (primary N) is 1. The van der Waals surface area contributed by atoms with Crippen LogP contribution >= 0.6 is 0 Å². The van der Waals surface area contributed by atoms with Crippen molar-refractivity contribution in [3.05, 3.63) is 29.3 Å².